The molecule has 0 amide bonds. The quantitative estimate of drug-likeness (QED) is 0.783. The molecule has 18 heavy (non-hydrogen) atoms. The maximum absolute atomic E-state index is 13.0. The van der Waals surface area contributed by atoms with Crippen LogP contribution in [-0.2, 0) is 5.60 Å². The van der Waals surface area contributed by atoms with Crippen molar-refractivity contribution < 1.29 is 40.2 Å². The number of aliphatic hydroxyl groups is 1. The Bertz CT molecular complexity index is 433. The minimum absolute atomic E-state index is 0.106. The van der Waals surface area contributed by atoms with Crippen LogP contribution in [0, 0.1) is 11.6 Å². The van der Waals surface area contributed by atoms with Crippen LogP contribution in [-0.4, -0.2) is 17.5 Å². The van der Waals surface area contributed by atoms with Gasteiger partial charge in [0, 0.05) is 11.6 Å². The Kier molecular flexibility index (Phi) is 3.32. The number of hydrogen-bond acceptors (Lipinski definition) is 1. The third-order valence-corrected chi connectivity index (χ3v) is 2.14. The van der Waals surface area contributed by atoms with E-state index in [4.69, 9.17) is 5.11 Å². The molecule has 102 valence electrons. The Morgan fingerprint density at radius 3 is 1.61 bits per heavy atom. The molecule has 0 aliphatic carbocycles. The highest BCUT2D eigenvalue weighted by atomic mass is 19.4. The van der Waals surface area contributed by atoms with E-state index in [2.05, 4.69) is 0 Å². The van der Waals surface area contributed by atoms with Crippen molar-refractivity contribution in [1.82, 2.24) is 0 Å². The Morgan fingerprint density at radius 1 is 0.833 bits per heavy atom. The van der Waals surface area contributed by atoms with E-state index >= 15 is 0 Å². The molecule has 0 radical (unpaired) electrons. The Labute approximate surface area is 94.6 Å². The summed E-state index contributed by atoms with van der Waals surface area (Å²) in [4.78, 5) is 0. The van der Waals surface area contributed by atoms with Crippen LogP contribution in [0.3, 0.4) is 0 Å². The first-order chi connectivity index (χ1) is 7.91. The Balaban J connectivity index is 3.56. The van der Waals surface area contributed by atoms with Gasteiger partial charge in [0.25, 0.3) is 5.60 Å². The van der Waals surface area contributed by atoms with E-state index in [-0.39, 0.29) is 18.2 Å². The molecule has 0 saturated carbocycles. The van der Waals surface area contributed by atoms with Crippen molar-refractivity contribution in [3.05, 3.63) is 35.4 Å². The fraction of sp³-hybridized carbons (Fsp3) is 0.333. The van der Waals surface area contributed by atoms with Gasteiger partial charge in [-0.15, -0.1) is 0 Å². The van der Waals surface area contributed by atoms with Crippen LogP contribution in [0.4, 0.5) is 35.1 Å². The van der Waals surface area contributed by atoms with Crippen LogP contribution in [0.5, 0.6) is 0 Å². The minimum Gasteiger partial charge on any atom is -0.369 e. The zero-order valence-electron chi connectivity index (χ0n) is 8.20. The van der Waals surface area contributed by atoms with Gasteiger partial charge in [0.2, 0.25) is 0 Å². The molecule has 0 unspecified atom stereocenters. The summed E-state index contributed by atoms with van der Waals surface area (Å²) in [6, 6.07) is -0.107. The van der Waals surface area contributed by atoms with Gasteiger partial charge in [-0.3, -0.25) is 0 Å². The summed E-state index contributed by atoms with van der Waals surface area (Å²) >= 11 is 0. The van der Waals surface area contributed by atoms with Crippen LogP contribution < -0.4 is 0 Å². The second-order valence-corrected chi connectivity index (χ2v) is 3.33. The van der Waals surface area contributed by atoms with Crippen molar-refractivity contribution in [3.8, 4) is 0 Å². The van der Waals surface area contributed by atoms with E-state index in [0.29, 0.717) is 0 Å². The number of rotatable bonds is 1. The number of benzene rings is 1. The predicted octanol–water partition coefficient (Wildman–Crippen LogP) is 3.28. The van der Waals surface area contributed by atoms with Gasteiger partial charge in [-0.05, 0) is 12.1 Å². The van der Waals surface area contributed by atoms with Crippen LogP contribution in [0.15, 0.2) is 18.2 Å². The first kappa shape index (κ1) is 14.7. The number of halogens is 8. The molecule has 1 aromatic carbocycles. The van der Waals surface area contributed by atoms with Crippen molar-refractivity contribution in [3.63, 3.8) is 0 Å². The fourth-order valence-corrected chi connectivity index (χ4v) is 1.25. The molecular formula is C9H4F8O. The molecule has 0 atom stereocenters. The SMILES string of the molecule is OC(c1ccc(F)cc1F)(C(F)(F)F)C(F)(F)F. The molecule has 1 rings (SSSR count). The van der Waals surface area contributed by atoms with E-state index < -0.39 is 35.2 Å². The minimum atomic E-state index is -6.20. The standard InChI is InChI=1S/C9H4F8O/c10-4-1-2-5(6(11)3-4)7(18,8(12,13)14)9(15,16)17/h1-3,18H. The molecule has 0 fully saturated rings. The van der Waals surface area contributed by atoms with Crippen LogP contribution in [0.2, 0.25) is 0 Å². The molecule has 9 heteroatoms. The van der Waals surface area contributed by atoms with Crippen molar-refractivity contribution in [2.45, 2.75) is 18.0 Å². The van der Waals surface area contributed by atoms with Gasteiger partial charge in [0.05, 0.1) is 0 Å². The molecule has 0 bridgehead atoms. The van der Waals surface area contributed by atoms with Crippen LogP contribution in [0.25, 0.3) is 0 Å². The van der Waals surface area contributed by atoms with E-state index in [1.807, 2.05) is 0 Å². The smallest absolute Gasteiger partial charge is 0.369 e. The second-order valence-electron chi connectivity index (χ2n) is 3.33. The van der Waals surface area contributed by atoms with Crippen molar-refractivity contribution >= 4 is 0 Å². The highest BCUT2D eigenvalue weighted by Gasteiger charge is 2.72. The zero-order chi connectivity index (χ0) is 14.4. The topological polar surface area (TPSA) is 20.2 Å². The number of hydrogen-bond donors (Lipinski definition) is 1. The average Bonchev–Trinajstić information content (AvgIpc) is 2.12. The molecule has 0 heterocycles. The zero-order valence-corrected chi connectivity index (χ0v) is 8.20. The number of alkyl halides is 6. The molecular weight excluding hydrogens is 276 g/mol. The van der Waals surface area contributed by atoms with E-state index in [1.54, 1.807) is 0 Å². The summed E-state index contributed by atoms with van der Waals surface area (Å²) < 4.78 is 99.5. The Hall–Kier alpha value is -1.38. The lowest BCUT2D eigenvalue weighted by atomic mass is 9.92. The van der Waals surface area contributed by atoms with Crippen LogP contribution in [0.1, 0.15) is 5.56 Å². The average molecular weight is 280 g/mol. The van der Waals surface area contributed by atoms with Gasteiger partial charge >= 0.3 is 12.4 Å². The largest absolute Gasteiger partial charge is 0.430 e. The summed E-state index contributed by atoms with van der Waals surface area (Å²) in [7, 11) is 0. The summed E-state index contributed by atoms with van der Waals surface area (Å²) in [5.41, 5.74) is -7.50. The first-order valence-corrected chi connectivity index (χ1v) is 4.22. The first-order valence-electron chi connectivity index (χ1n) is 4.22. The van der Waals surface area contributed by atoms with Gasteiger partial charge in [-0.2, -0.15) is 26.3 Å². The van der Waals surface area contributed by atoms with Gasteiger partial charge in [-0.25, -0.2) is 8.78 Å². The Morgan fingerprint density at radius 2 is 1.28 bits per heavy atom. The van der Waals surface area contributed by atoms with Gasteiger partial charge in [0.1, 0.15) is 11.6 Å². The van der Waals surface area contributed by atoms with Crippen molar-refractivity contribution in [2.75, 3.05) is 0 Å². The summed E-state index contributed by atoms with van der Waals surface area (Å²) in [6.45, 7) is 0. The third kappa shape index (κ3) is 2.14. The van der Waals surface area contributed by atoms with E-state index in [9.17, 15) is 35.1 Å². The molecule has 0 aliphatic rings. The molecule has 1 nitrogen and oxygen atoms in total. The molecule has 0 spiro atoms. The third-order valence-electron chi connectivity index (χ3n) is 2.14. The normalized spacial score (nSPS) is 13.8. The molecule has 1 aromatic rings. The second kappa shape index (κ2) is 4.08. The van der Waals surface area contributed by atoms with Gasteiger partial charge < -0.3 is 5.11 Å². The summed E-state index contributed by atoms with van der Waals surface area (Å²) in [6.07, 6.45) is -12.4. The van der Waals surface area contributed by atoms with Crippen LogP contribution >= 0.6 is 0 Å². The fourth-order valence-electron chi connectivity index (χ4n) is 1.25. The highest BCUT2D eigenvalue weighted by molar-refractivity contribution is 5.28. The van der Waals surface area contributed by atoms with Crippen molar-refractivity contribution in [2.24, 2.45) is 0 Å². The van der Waals surface area contributed by atoms with Gasteiger partial charge in [0.15, 0.2) is 0 Å². The van der Waals surface area contributed by atoms with E-state index in [0.717, 1.165) is 0 Å². The maximum atomic E-state index is 13.0. The molecule has 0 aliphatic heterocycles. The van der Waals surface area contributed by atoms with Crippen molar-refractivity contribution in [1.29, 1.82) is 0 Å². The lowest BCUT2D eigenvalue weighted by Gasteiger charge is -2.32. The summed E-state index contributed by atoms with van der Waals surface area (Å²) in [5, 5.41) is 8.81. The monoisotopic (exact) mass is 280 g/mol. The van der Waals surface area contributed by atoms with E-state index in [1.165, 1.54) is 0 Å². The molecule has 1 N–H and O–H groups in total. The highest BCUT2D eigenvalue weighted by Crippen LogP contribution is 2.50. The lowest BCUT2D eigenvalue weighted by molar-refractivity contribution is -0.377. The predicted molar refractivity (Wildman–Crippen MR) is 42.4 cm³/mol. The maximum Gasteiger partial charge on any atom is 0.430 e. The molecule has 0 aromatic heterocycles. The molecule has 0 saturated heterocycles. The lowest BCUT2D eigenvalue weighted by Crippen LogP contribution is -2.54. The summed E-state index contributed by atoms with van der Waals surface area (Å²) in [5.74, 6) is -3.52. The van der Waals surface area contributed by atoms with Gasteiger partial charge in [-0.1, -0.05) is 0 Å².